The highest BCUT2D eigenvalue weighted by Gasteiger charge is 2.50. The highest BCUT2D eigenvalue weighted by Crippen LogP contribution is 2.45. The van der Waals surface area contributed by atoms with Crippen molar-refractivity contribution in [3.63, 3.8) is 0 Å². The Morgan fingerprint density at radius 2 is 1.23 bits per heavy atom. The fourth-order valence-electron chi connectivity index (χ4n) is 5.90. The first kappa shape index (κ1) is 39.9. The lowest BCUT2D eigenvalue weighted by molar-refractivity contribution is -0.151. The number of hydrogen-bond donors (Lipinski definition) is 4. The lowest BCUT2D eigenvalue weighted by Crippen LogP contribution is -2.48. The number of aromatic hydroxyl groups is 2. The number of hydrogen-bond acceptors (Lipinski definition) is 13. The molecule has 4 rings (SSSR count). The first-order chi connectivity index (χ1) is 24.6. The number of benzene rings is 3. The molecule has 1 aliphatic carbocycles. The van der Waals surface area contributed by atoms with E-state index in [9.17, 15) is 44.4 Å². The van der Waals surface area contributed by atoms with Crippen molar-refractivity contribution in [1.82, 2.24) is 0 Å². The Labute approximate surface area is 308 Å². The van der Waals surface area contributed by atoms with Crippen LogP contribution in [0.25, 0.3) is 0 Å². The molecule has 0 saturated heterocycles. The number of rotatable bonds is 9. The quantitative estimate of drug-likeness (QED) is 0.150. The highest BCUT2D eigenvalue weighted by atomic mass is 35.5. The fourth-order valence-corrected chi connectivity index (χ4v) is 6.18. The number of carbonyl (C=O) groups excluding carboxylic acids is 4. The Morgan fingerprint density at radius 3 is 1.77 bits per heavy atom. The molecule has 0 fully saturated rings. The maximum atomic E-state index is 13.5. The second kappa shape index (κ2) is 14.6. The van der Waals surface area contributed by atoms with E-state index in [0.29, 0.717) is 11.1 Å². The number of carbonyl (C=O) groups is 5. The average Bonchev–Trinajstić information content (AvgIpc) is 3.09. The minimum atomic E-state index is -2.50. The number of esters is 3. The predicted octanol–water partition coefficient (Wildman–Crippen LogP) is 5.83. The van der Waals surface area contributed by atoms with Gasteiger partial charge in [0.05, 0.1) is 14.2 Å². The van der Waals surface area contributed by atoms with Crippen LogP contribution in [0.4, 0.5) is 0 Å². The van der Waals surface area contributed by atoms with Gasteiger partial charge in [-0.25, -0.2) is 19.2 Å². The molecule has 0 aromatic heterocycles. The van der Waals surface area contributed by atoms with Gasteiger partial charge in [-0.2, -0.15) is 0 Å². The van der Waals surface area contributed by atoms with Crippen LogP contribution in [-0.4, -0.2) is 69.9 Å². The van der Waals surface area contributed by atoms with Crippen LogP contribution in [0.2, 0.25) is 5.02 Å². The first-order valence-electron chi connectivity index (χ1n) is 15.8. The molecule has 1 aliphatic rings. The molecule has 0 unspecified atom stereocenters. The monoisotopic (exact) mass is 752 g/mol. The molecule has 0 spiro atoms. The van der Waals surface area contributed by atoms with Crippen molar-refractivity contribution >= 4 is 41.3 Å². The number of ketones is 1. The van der Waals surface area contributed by atoms with Crippen LogP contribution in [0.5, 0.6) is 34.5 Å². The summed E-state index contributed by atoms with van der Waals surface area (Å²) >= 11 is 6.42. The summed E-state index contributed by atoms with van der Waals surface area (Å²) in [7, 11) is 2.44. The minimum Gasteiger partial charge on any atom is -0.507 e. The Bertz CT molecular complexity index is 2180. The third-order valence-corrected chi connectivity index (χ3v) is 9.69. The molecule has 0 saturated carbocycles. The smallest absolute Gasteiger partial charge is 0.356 e. The number of halogens is 1. The van der Waals surface area contributed by atoms with Gasteiger partial charge in [0.25, 0.3) is 0 Å². The maximum absolute atomic E-state index is 13.5. The summed E-state index contributed by atoms with van der Waals surface area (Å²) in [4.78, 5) is 64.4. The average molecular weight is 753 g/mol. The van der Waals surface area contributed by atoms with Gasteiger partial charge in [-0.3, -0.25) is 4.79 Å². The summed E-state index contributed by atoms with van der Waals surface area (Å²) in [5.74, 6) is -7.50. The number of phenolic OH excluding ortho intramolecular Hbond substituents is 2. The lowest BCUT2D eigenvalue weighted by atomic mass is 9.83. The van der Waals surface area contributed by atoms with E-state index in [-0.39, 0.29) is 73.3 Å². The van der Waals surface area contributed by atoms with Crippen molar-refractivity contribution in [2.75, 3.05) is 14.2 Å². The Hall–Kier alpha value is -5.86. The van der Waals surface area contributed by atoms with Crippen molar-refractivity contribution in [3.05, 3.63) is 90.2 Å². The molecule has 280 valence electrons. The number of ether oxygens (including phenoxy) is 5. The molecule has 0 bridgehead atoms. The van der Waals surface area contributed by atoms with Gasteiger partial charge in [-0.15, -0.1) is 0 Å². The van der Waals surface area contributed by atoms with E-state index in [2.05, 4.69) is 0 Å². The van der Waals surface area contributed by atoms with E-state index in [1.807, 2.05) is 0 Å². The van der Waals surface area contributed by atoms with Crippen LogP contribution >= 0.6 is 11.6 Å². The van der Waals surface area contributed by atoms with Crippen molar-refractivity contribution in [2.24, 2.45) is 0 Å². The summed E-state index contributed by atoms with van der Waals surface area (Å²) in [6.45, 7) is 11.5. The zero-order valence-corrected chi connectivity index (χ0v) is 31.2. The fraction of sp³-hybridized carbons (Fsp3) is 0.289. The van der Waals surface area contributed by atoms with Crippen molar-refractivity contribution in [1.29, 1.82) is 0 Å². The normalized spacial score (nSPS) is 15.5. The SMILES string of the molecule is COC1=C(C)C(=O)C=C(C)[C@@]1(O)C(=O)Oc1c(C)c(C)c(C(=O)Oc2cc(C)c(C(=O)Oc3cc(OC)c(C(=O)O)c(C)c3C)c(O)c2C)c(O)c1Cl. The van der Waals surface area contributed by atoms with Crippen molar-refractivity contribution in [3.8, 4) is 34.5 Å². The van der Waals surface area contributed by atoms with Crippen LogP contribution in [-0.2, 0) is 14.3 Å². The van der Waals surface area contributed by atoms with Gasteiger partial charge in [-0.05, 0) is 101 Å². The third kappa shape index (κ3) is 6.66. The van der Waals surface area contributed by atoms with Crippen LogP contribution in [0.3, 0.4) is 0 Å². The van der Waals surface area contributed by atoms with Gasteiger partial charge in [0.15, 0.2) is 17.3 Å². The standard InChI is InChI=1S/C38H37ClO14/c1-14-11-23(21(8)30(41)26(14)35(45)52-24-13-25(49-9)27(34(43)44)17(4)16(24)3)51-36(46)28-18(5)19(6)32(29(39)31(28)42)53-37(47)38(48)15(2)12-22(40)20(7)33(38)50-10/h11-13,41-42,48H,1-10H3,(H,43,44)/t38-/m0/s1. The van der Waals surface area contributed by atoms with E-state index in [4.69, 9.17) is 35.3 Å². The van der Waals surface area contributed by atoms with E-state index >= 15 is 0 Å². The van der Waals surface area contributed by atoms with E-state index in [1.54, 1.807) is 6.92 Å². The van der Waals surface area contributed by atoms with Gasteiger partial charge < -0.3 is 44.1 Å². The second-order valence-electron chi connectivity index (χ2n) is 12.4. The second-order valence-corrected chi connectivity index (χ2v) is 12.8. The summed E-state index contributed by atoms with van der Waals surface area (Å²) in [5, 5.41) is 42.6. The maximum Gasteiger partial charge on any atom is 0.356 e. The molecule has 14 nitrogen and oxygen atoms in total. The van der Waals surface area contributed by atoms with Gasteiger partial charge in [0.1, 0.15) is 50.5 Å². The minimum absolute atomic E-state index is 0.00560. The van der Waals surface area contributed by atoms with Gasteiger partial charge in [0.2, 0.25) is 5.60 Å². The van der Waals surface area contributed by atoms with Gasteiger partial charge in [0, 0.05) is 17.2 Å². The predicted molar refractivity (Wildman–Crippen MR) is 189 cm³/mol. The van der Waals surface area contributed by atoms with E-state index in [1.165, 1.54) is 74.8 Å². The van der Waals surface area contributed by atoms with Crippen molar-refractivity contribution in [2.45, 2.75) is 61.0 Å². The lowest BCUT2D eigenvalue weighted by Gasteiger charge is -2.32. The molecule has 1 atom stereocenters. The van der Waals surface area contributed by atoms with Crippen LogP contribution in [0, 0.1) is 41.5 Å². The summed E-state index contributed by atoms with van der Waals surface area (Å²) in [5.41, 5.74) is -2.48. The molecule has 0 radical (unpaired) electrons. The molecular weight excluding hydrogens is 716 g/mol. The number of allylic oxidation sites excluding steroid dienone is 2. The van der Waals surface area contributed by atoms with E-state index < -0.39 is 57.3 Å². The number of aromatic carboxylic acids is 1. The highest BCUT2D eigenvalue weighted by molar-refractivity contribution is 6.34. The largest absolute Gasteiger partial charge is 0.507 e. The van der Waals surface area contributed by atoms with Crippen LogP contribution in [0.15, 0.2) is 35.1 Å². The molecule has 0 aliphatic heterocycles. The topological polar surface area (TPSA) is 212 Å². The van der Waals surface area contributed by atoms with E-state index in [0.717, 1.165) is 6.08 Å². The number of carboxylic acid groups (broad SMARTS) is 1. The van der Waals surface area contributed by atoms with Gasteiger partial charge >= 0.3 is 23.9 Å². The molecule has 15 heteroatoms. The number of aryl methyl sites for hydroxylation is 1. The Morgan fingerprint density at radius 1 is 0.679 bits per heavy atom. The summed E-state index contributed by atoms with van der Waals surface area (Å²) in [6.07, 6.45) is 1.06. The third-order valence-electron chi connectivity index (χ3n) is 9.34. The Balaban J connectivity index is 1.66. The molecular formula is C38H37ClO14. The first-order valence-corrected chi connectivity index (χ1v) is 16.2. The number of phenols is 2. The summed E-state index contributed by atoms with van der Waals surface area (Å²) < 4.78 is 27.0. The molecule has 0 amide bonds. The number of aliphatic hydroxyl groups is 1. The zero-order valence-electron chi connectivity index (χ0n) is 30.5. The zero-order chi connectivity index (χ0) is 40.0. The number of methoxy groups -OCH3 is 2. The molecule has 0 heterocycles. The number of carboxylic acids is 1. The van der Waals surface area contributed by atoms with Crippen LogP contribution < -0.4 is 18.9 Å². The molecule has 3 aromatic carbocycles. The Kier molecular flexibility index (Phi) is 11.0. The van der Waals surface area contributed by atoms with Crippen molar-refractivity contribution < 1.29 is 68.1 Å². The molecule has 3 aromatic rings. The summed E-state index contributed by atoms with van der Waals surface area (Å²) in [6, 6.07) is 2.54. The van der Waals surface area contributed by atoms with Gasteiger partial charge in [-0.1, -0.05) is 11.6 Å². The molecule has 4 N–H and O–H groups in total. The van der Waals surface area contributed by atoms with Crippen LogP contribution in [0.1, 0.15) is 78.3 Å². The molecule has 53 heavy (non-hydrogen) atoms.